The van der Waals surface area contributed by atoms with Gasteiger partial charge in [0.25, 0.3) is 0 Å². The van der Waals surface area contributed by atoms with E-state index in [2.05, 4.69) is 61.0 Å². The lowest BCUT2D eigenvalue weighted by atomic mass is 10.2. The van der Waals surface area contributed by atoms with Gasteiger partial charge in [-0.05, 0) is 37.3 Å². The molecule has 0 aromatic heterocycles. The van der Waals surface area contributed by atoms with Crippen molar-refractivity contribution in [2.75, 3.05) is 0 Å². The molecule has 18 heavy (non-hydrogen) atoms. The average molecular weight is 294 g/mol. The van der Waals surface area contributed by atoms with Crippen LogP contribution in [0, 0.1) is 0 Å². The normalized spacial score (nSPS) is 15.1. The molecule has 5 heteroatoms. The summed E-state index contributed by atoms with van der Waals surface area (Å²) >= 11 is 0. The van der Waals surface area contributed by atoms with E-state index < -0.39 is 16.9 Å². The molecule has 97 valence electrons. The third-order valence-corrected chi connectivity index (χ3v) is 10.9. The van der Waals surface area contributed by atoms with E-state index in [1.54, 1.807) is 0 Å². The van der Waals surface area contributed by atoms with Crippen LogP contribution in [-0.2, 0) is 14.3 Å². The zero-order valence-electron chi connectivity index (χ0n) is 11.4. The number of allylic oxidation sites excluding steroid dienone is 1. The van der Waals surface area contributed by atoms with Crippen molar-refractivity contribution in [3.05, 3.63) is 48.6 Å². The number of hydrogen-bond donors (Lipinski definition) is 0. The second kappa shape index (κ2) is 6.63. The lowest BCUT2D eigenvalue weighted by molar-refractivity contribution is 0.411. The van der Waals surface area contributed by atoms with Crippen molar-refractivity contribution in [2.45, 2.75) is 31.7 Å². The summed E-state index contributed by atoms with van der Waals surface area (Å²) in [5.41, 5.74) is 1.33. The van der Waals surface area contributed by atoms with Crippen LogP contribution in [0.2, 0.25) is 25.7 Å². The smallest absolute Gasteiger partial charge is 0.310 e. The Morgan fingerprint density at radius 1 is 1.22 bits per heavy atom. The summed E-state index contributed by atoms with van der Waals surface area (Å²) in [6.45, 7) is 10.2. The molecular weight excluding hydrogens is 272 g/mol. The SMILES string of the molecule is C=CC[Si](C)(Cc1ccccc1)O[Si](C)(C)O[Si]. The first-order valence-electron chi connectivity index (χ1n) is 6.10. The van der Waals surface area contributed by atoms with Crippen LogP contribution in [-0.4, -0.2) is 27.4 Å². The Balaban J connectivity index is 2.83. The summed E-state index contributed by atoms with van der Waals surface area (Å²) < 4.78 is 11.7. The quantitative estimate of drug-likeness (QED) is 0.567. The van der Waals surface area contributed by atoms with Gasteiger partial charge < -0.3 is 8.23 Å². The Morgan fingerprint density at radius 2 is 1.83 bits per heavy atom. The fraction of sp³-hybridized carbons (Fsp3) is 0.385. The predicted octanol–water partition coefficient (Wildman–Crippen LogP) is 3.35. The highest BCUT2D eigenvalue weighted by Crippen LogP contribution is 2.23. The fourth-order valence-corrected chi connectivity index (χ4v) is 9.86. The summed E-state index contributed by atoms with van der Waals surface area (Å²) in [5, 5.41) is 0. The third kappa shape index (κ3) is 5.03. The molecule has 1 aromatic carbocycles. The molecule has 0 aliphatic carbocycles. The molecule has 0 amide bonds. The molecule has 0 saturated heterocycles. The summed E-state index contributed by atoms with van der Waals surface area (Å²) in [7, 11) is -0.792. The summed E-state index contributed by atoms with van der Waals surface area (Å²) in [6.07, 6.45) is 1.97. The van der Waals surface area contributed by atoms with E-state index in [-0.39, 0.29) is 0 Å². The monoisotopic (exact) mass is 293 g/mol. The number of benzene rings is 1. The van der Waals surface area contributed by atoms with Crippen molar-refractivity contribution in [1.82, 2.24) is 0 Å². The Labute approximate surface area is 116 Å². The summed E-state index contributed by atoms with van der Waals surface area (Å²) in [5.74, 6) is 0. The highest BCUT2D eigenvalue weighted by Gasteiger charge is 2.36. The fourth-order valence-electron chi connectivity index (χ4n) is 2.10. The van der Waals surface area contributed by atoms with Crippen LogP contribution < -0.4 is 0 Å². The molecule has 0 fully saturated rings. The van der Waals surface area contributed by atoms with Gasteiger partial charge in [0.2, 0.25) is 10.5 Å². The maximum atomic E-state index is 6.35. The first kappa shape index (κ1) is 15.6. The van der Waals surface area contributed by atoms with Gasteiger partial charge in [0.1, 0.15) is 0 Å². The van der Waals surface area contributed by atoms with E-state index in [0.717, 1.165) is 12.1 Å². The van der Waals surface area contributed by atoms with Gasteiger partial charge in [0.05, 0.1) is 0 Å². The molecule has 0 spiro atoms. The minimum Gasteiger partial charge on any atom is -0.437 e. The molecule has 0 N–H and O–H groups in total. The van der Waals surface area contributed by atoms with Gasteiger partial charge in [0, 0.05) is 0 Å². The zero-order chi connectivity index (χ0) is 13.6. The van der Waals surface area contributed by atoms with Gasteiger partial charge in [0.15, 0.2) is 8.32 Å². The van der Waals surface area contributed by atoms with Gasteiger partial charge in [-0.15, -0.1) is 6.58 Å². The Kier molecular flexibility index (Phi) is 5.74. The molecule has 1 rings (SSSR count). The van der Waals surface area contributed by atoms with Crippen LogP contribution in [0.5, 0.6) is 0 Å². The van der Waals surface area contributed by atoms with Crippen molar-refractivity contribution >= 4 is 27.4 Å². The lowest BCUT2D eigenvalue weighted by Crippen LogP contribution is -2.49. The van der Waals surface area contributed by atoms with Crippen LogP contribution in [0.4, 0.5) is 0 Å². The van der Waals surface area contributed by atoms with E-state index >= 15 is 0 Å². The van der Waals surface area contributed by atoms with E-state index in [4.69, 9.17) is 8.23 Å². The standard InChI is InChI=1S/C13H21O2Si3/c1-5-11-18(4,15-17(2,3)14-16)12-13-9-7-6-8-10-13/h5-10H,1,11-12H2,2-4H3. The highest BCUT2D eigenvalue weighted by molar-refractivity contribution is 6.83. The second-order valence-electron chi connectivity index (χ2n) is 5.21. The Morgan fingerprint density at radius 3 is 2.33 bits per heavy atom. The highest BCUT2D eigenvalue weighted by atomic mass is 28.5. The van der Waals surface area contributed by atoms with Crippen LogP contribution in [0.3, 0.4) is 0 Å². The van der Waals surface area contributed by atoms with E-state index in [9.17, 15) is 0 Å². The second-order valence-corrected chi connectivity index (χ2v) is 13.3. The van der Waals surface area contributed by atoms with Gasteiger partial charge in [-0.3, -0.25) is 0 Å². The first-order valence-corrected chi connectivity index (χ1v) is 12.2. The molecule has 1 unspecified atom stereocenters. The summed E-state index contributed by atoms with van der Waals surface area (Å²) in [4.78, 5) is 0. The van der Waals surface area contributed by atoms with Crippen LogP contribution in [0.1, 0.15) is 5.56 Å². The van der Waals surface area contributed by atoms with Gasteiger partial charge in [-0.2, -0.15) is 0 Å². The molecule has 0 heterocycles. The van der Waals surface area contributed by atoms with Gasteiger partial charge >= 0.3 is 8.56 Å². The summed E-state index contributed by atoms with van der Waals surface area (Å²) in [6, 6.07) is 12.4. The van der Waals surface area contributed by atoms with E-state index in [1.165, 1.54) is 5.56 Å². The van der Waals surface area contributed by atoms with Crippen molar-refractivity contribution in [3.8, 4) is 0 Å². The number of hydrogen-bond acceptors (Lipinski definition) is 2. The minimum atomic E-state index is -2.08. The molecular formula is C13H21O2Si3. The molecule has 1 aromatic rings. The molecule has 2 nitrogen and oxygen atoms in total. The van der Waals surface area contributed by atoms with Crippen molar-refractivity contribution in [3.63, 3.8) is 0 Å². The number of rotatable bonds is 7. The molecule has 0 saturated carbocycles. The van der Waals surface area contributed by atoms with Crippen molar-refractivity contribution in [1.29, 1.82) is 0 Å². The molecule has 0 bridgehead atoms. The van der Waals surface area contributed by atoms with Crippen LogP contribution in [0.25, 0.3) is 0 Å². The molecule has 1 atom stereocenters. The first-order chi connectivity index (χ1) is 8.41. The maximum Gasteiger partial charge on any atom is 0.310 e. The van der Waals surface area contributed by atoms with E-state index in [1.807, 2.05) is 12.1 Å². The molecule has 3 radical (unpaired) electrons. The Hall–Kier alpha value is -0.469. The van der Waals surface area contributed by atoms with Gasteiger partial charge in [-0.1, -0.05) is 36.4 Å². The van der Waals surface area contributed by atoms with Crippen molar-refractivity contribution < 1.29 is 8.23 Å². The molecule has 0 aliphatic heterocycles. The van der Waals surface area contributed by atoms with Gasteiger partial charge in [-0.25, -0.2) is 0 Å². The third-order valence-electron chi connectivity index (χ3n) is 2.74. The van der Waals surface area contributed by atoms with Crippen molar-refractivity contribution in [2.24, 2.45) is 0 Å². The zero-order valence-corrected chi connectivity index (χ0v) is 14.4. The minimum absolute atomic E-state index is 0.938. The Bertz CT molecular complexity index is 381. The predicted molar refractivity (Wildman–Crippen MR) is 82.2 cm³/mol. The van der Waals surface area contributed by atoms with Crippen LogP contribution >= 0.6 is 0 Å². The largest absolute Gasteiger partial charge is 0.437 e. The average Bonchev–Trinajstić information content (AvgIpc) is 2.29. The maximum absolute atomic E-state index is 6.35. The molecule has 0 aliphatic rings. The topological polar surface area (TPSA) is 18.5 Å². The lowest BCUT2D eigenvalue weighted by Gasteiger charge is -2.34. The van der Waals surface area contributed by atoms with E-state index in [0.29, 0.717) is 0 Å². The van der Waals surface area contributed by atoms with Crippen LogP contribution in [0.15, 0.2) is 43.0 Å².